The number of fused-ring (bicyclic) bond motifs is 1. The van der Waals surface area contributed by atoms with Crippen LogP contribution in [0.3, 0.4) is 0 Å². The summed E-state index contributed by atoms with van der Waals surface area (Å²) >= 11 is 0. The molecule has 96 valence electrons. The Bertz CT molecular complexity index is 485. The van der Waals surface area contributed by atoms with Gasteiger partial charge in [-0.2, -0.15) is 0 Å². The molecule has 6 nitrogen and oxygen atoms in total. The number of carboxylic acids is 1. The minimum absolute atomic E-state index is 0.0496. The molecule has 0 unspecified atom stereocenters. The summed E-state index contributed by atoms with van der Waals surface area (Å²) in [6.07, 6.45) is -0.437. The molecule has 0 radical (unpaired) electrons. The fourth-order valence-corrected chi connectivity index (χ4v) is 1.69. The number of anilines is 1. The molecular weight excluding hydrogens is 238 g/mol. The van der Waals surface area contributed by atoms with Gasteiger partial charge in [0, 0.05) is 12.6 Å². The van der Waals surface area contributed by atoms with Crippen molar-refractivity contribution in [2.45, 2.75) is 13.0 Å². The second kappa shape index (κ2) is 4.95. The van der Waals surface area contributed by atoms with Crippen LogP contribution in [0.5, 0.6) is 5.75 Å². The number of nitrogens with zero attached hydrogens (tertiary/aromatic N) is 1. The minimum atomic E-state index is -0.901. The van der Waals surface area contributed by atoms with Gasteiger partial charge in [0.05, 0.1) is 18.7 Å². The Labute approximate surface area is 104 Å². The van der Waals surface area contributed by atoms with Gasteiger partial charge in [0.1, 0.15) is 12.4 Å². The standard InChI is InChI=1S/C12H13NO5/c1-13-10-3-2-9(17-5-4-11(14)15)6-8(10)7-18-12(13)16/h2-3,6H,4-5,7H2,1H3,(H,14,15). The van der Waals surface area contributed by atoms with Gasteiger partial charge in [-0.15, -0.1) is 0 Å². The average molecular weight is 251 g/mol. The van der Waals surface area contributed by atoms with E-state index in [0.29, 0.717) is 5.75 Å². The Kier molecular flexibility index (Phi) is 3.36. The monoisotopic (exact) mass is 251 g/mol. The van der Waals surface area contributed by atoms with E-state index in [2.05, 4.69) is 0 Å². The number of hydrogen-bond acceptors (Lipinski definition) is 4. The zero-order valence-corrected chi connectivity index (χ0v) is 9.88. The largest absolute Gasteiger partial charge is 0.493 e. The lowest BCUT2D eigenvalue weighted by atomic mass is 10.1. The number of amides is 1. The Morgan fingerprint density at radius 3 is 3.06 bits per heavy atom. The lowest BCUT2D eigenvalue weighted by Crippen LogP contribution is -2.31. The average Bonchev–Trinajstić information content (AvgIpc) is 2.33. The van der Waals surface area contributed by atoms with E-state index in [1.165, 1.54) is 4.90 Å². The highest BCUT2D eigenvalue weighted by Crippen LogP contribution is 2.29. The van der Waals surface area contributed by atoms with Crippen LogP contribution in [0.15, 0.2) is 18.2 Å². The van der Waals surface area contributed by atoms with Crippen LogP contribution >= 0.6 is 0 Å². The van der Waals surface area contributed by atoms with E-state index >= 15 is 0 Å². The van der Waals surface area contributed by atoms with Crippen molar-refractivity contribution >= 4 is 17.7 Å². The van der Waals surface area contributed by atoms with Crippen molar-refractivity contribution in [1.82, 2.24) is 0 Å². The molecule has 0 bridgehead atoms. The zero-order valence-electron chi connectivity index (χ0n) is 9.88. The number of rotatable bonds is 4. The first kappa shape index (κ1) is 12.2. The predicted octanol–water partition coefficient (Wildman–Crippen LogP) is 1.63. The summed E-state index contributed by atoms with van der Waals surface area (Å²) in [6.45, 7) is 0.318. The molecule has 1 N–H and O–H groups in total. The molecule has 0 aromatic heterocycles. The van der Waals surface area contributed by atoms with Crippen LogP contribution in [0.2, 0.25) is 0 Å². The molecule has 1 heterocycles. The molecule has 0 saturated carbocycles. The van der Waals surface area contributed by atoms with Crippen molar-refractivity contribution in [3.8, 4) is 5.75 Å². The third kappa shape index (κ3) is 2.53. The van der Waals surface area contributed by atoms with Crippen LogP contribution in [0, 0.1) is 0 Å². The number of benzene rings is 1. The van der Waals surface area contributed by atoms with Gasteiger partial charge < -0.3 is 14.6 Å². The number of cyclic esters (lactones) is 1. The van der Waals surface area contributed by atoms with Crippen LogP contribution in [0.4, 0.5) is 10.5 Å². The van der Waals surface area contributed by atoms with E-state index in [1.807, 2.05) is 0 Å². The number of aliphatic carboxylic acids is 1. The van der Waals surface area contributed by atoms with E-state index in [4.69, 9.17) is 14.6 Å². The first-order chi connectivity index (χ1) is 8.58. The Morgan fingerprint density at radius 1 is 1.56 bits per heavy atom. The lowest BCUT2D eigenvalue weighted by Gasteiger charge is -2.25. The van der Waals surface area contributed by atoms with Gasteiger partial charge in [-0.3, -0.25) is 9.69 Å². The first-order valence-corrected chi connectivity index (χ1v) is 5.46. The maximum absolute atomic E-state index is 11.3. The molecule has 1 aliphatic rings. The van der Waals surface area contributed by atoms with E-state index in [1.54, 1.807) is 25.2 Å². The molecule has 0 spiro atoms. The molecule has 1 aromatic carbocycles. The molecule has 0 aliphatic carbocycles. The van der Waals surface area contributed by atoms with E-state index in [9.17, 15) is 9.59 Å². The smallest absolute Gasteiger partial charge is 0.414 e. The molecule has 0 saturated heterocycles. The zero-order chi connectivity index (χ0) is 13.1. The summed E-state index contributed by atoms with van der Waals surface area (Å²) in [5.74, 6) is -0.331. The number of carbonyl (C=O) groups excluding carboxylic acids is 1. The highest BCUT2D eigenvalue weighted by atomic mass is 16.6. The molecule has 1 amide bonds. The SMILES string of the molecule is CN1C(=O)OCc2cc(OCCC(=O)O)ccc21. The molecule has 2 rings (SSSR count). The third-order valence-electron chi connectivity index (χ3n) is 2.62. The minimum Gasteiger partial charge on any atom is -0.493 e. The fraction of sp³-hybridized carbons (Fsp3) is 0.333. The molecule has 6 heteroatoms. The lowest BCUT2D eigenvalue weighted by molar-refractivity contribution is -0.137. The summed E-state index contributed by atoms with van der Waals surface area (Å²) in [7, 11) is 1.63. The summed E-state index contributed by atoms with van der Waals surface area (Å²) < 4.78 is 10.3. The number of carbonyl (C=O) groups is 2. The van der Waals surface area contributed by atoms with Gasteiger partial charge in [-0.05, 0) is 18.2 Å². The van der Waals surface area contributed by atoms with Gasteiger partial charge >= 0.3 is 12.1 Å². The topological polar surface area (TPSA) is 76.1 Å². The summed E-state index contributed by atoms with van der Waals surface area (Å²) in [5, 5.41) is 8.50. The van der Waals surface area contributed by atoms with E-state index in [0.717, 1.165) is 11.3 Å². The molecule has 1 aliphatic heterocycles. The quantitative estimate of drug-likeness (QED) is 0.880. The van der Waals surface area contributed by atoms with Crippen molar-refractivity contribution in [3.63, 3.8) is 0 Å². The summed E-state index contributed by atoms with van der Waals surface area (Å²) in [6, 6.07) is 5.21. The first-order valence-electron chi connectivity index (χ1n) is 5.46. The normalized spacial score (nSPS) is 13.8. The maximum Gasteiger partial charge on any atom is 0.414 e. The predicted molar refractivity (Wildman–Crippen MR) is 62.8 cm³/mol. The van der Waals surface area contributed by atoms with Crippen molar-refractivity contribution in [3.05, 3.63) is 23.8 Å². The van der Waals surface area contributed by atoms with E-state index in [-0.39, 0.29) is 25.7 Å². The Morgan fingerprint density at radius 2 is 2.33 bits per heavy atom. The number of ether oxygens (including phenoxy) is 2. The molecule has 18 heavy (non-hydrogen) atoms. The Balaban J connectivity index is 2.08. The number of carboxylic acid groups (broad SMARTS) is 1. The highest BCUT2D eigenvalue weighted by Gasteiger charge is 2.22. The molecule has 1 aromatic rings. The highest BCUT2D eigenvalue weighted by molar-refractivity contribution is 5.89. The second-order valence-electron chi connectivity index (χ2n) is 3.90. The van der Waals surface area contributed by atoms with Gasteiger partial charge in [0.2, 0.25) is 0 Å². The summed E-state index contributed by atoms with van der Waals surface area (Å²) in [4.78, 5) is 23.1. The third-order valence-corrected chi connectivity index (χ3v) is 2.62. The molecular formula is C12H13NO5. The van der Waals surface area contributed by atoms with E-state index < -0.39 is 5.97 Å². The van der Waals surface area contributed by atoms with Crippen molar-refractivity contribution in [2.75, 3.05) is 18.6 Å². The maximum atomic E-state index is 11.3. The van der Waals surface area contributed by atoms with Crippen LogP contribution in [0.1, 0.15) is 12.0 Å². The molecule has 0 atom stereocenters. The van der Waals surface area contributed by atoms with Crippen molar-refractivity contribution in [1.29, 1.82) is 0 Å². The molecule has 0 fully saturated rings. The Hall–Kier alpha value is -2.24. The van der Waals surface area contributed by atoms with Crippen LogP contribution in [-0.2, 0) is 16.1 Å². The number of hydrogen-bond donors (Lipinski definition) is 1. The van der Waals surface area contributed by atoms with Crippen molar-refractivity contribution < 1.29 is 24.2 Å². The van der Waals surface area contributed by atoms with Gasteiger partial charge in [0.25, 0.3) is 0 Å². The van der Waals surface area contributed by atoms with Gasteiger partial charge in [0.15, 0.2) is 0 Å². The second-order valence-corrected chi connectivity index (χ2v) is 3.90. The van der Waals surface area contributed by atoms with Crippen molar-refractivity contribution in [2.24, 2.45) is 0 Å². The fourth-order valence-electron chi connectivity index (χ4n) is 1.69. The van der Waals surface area contributed by atoms with Crippen LogP contribution < -0.4 is 9.64 Å². The van der Waals surface area contributed by atoms with Gasteiger partial charge in [-0.1, -0.05) is 0 Å². The van der Waals surface area contributed by atoms with Gasteiger partial charge in [-0.25, -0.2) is 4.79 Å². The van der Waals surface area contributed by atoms with Crippen LogP contribution in [0.25, 0.3) is 0 Å². The van der Waals surface area contributed by atoms with Crippen LogP contribution in [-0.4, -0.2) is 30.8 Å². The summed E-state index contributed by atoms with van der Waals surface area (Å²) in [5.41, 5.74) is 1.61.